The highest BCUT2D eigenvalue weighted by Crippen LogP contribution is 2.38. The quantitative estimate of drug-likeness (QED) is 0.353. The number of carbonyl (C=O) groups is 1. The van der Waals surface area contributed by atoms with Gasteiger partial charge in [0.05, 0.1) is 11.1 Å². The highest BCUT2D eigenvalue weighted by molar-refractivity contribution is 5.97. The molecule has 0 radical (unpaired) electrons. The number of fused-ring (bicyclic) bond motifs is 1. The zero-order valence-corrected chi connectivity index (χ0v) is 18.5. The Labute approximate surface area is 195 Å². The Balaban J connectivity index is 1.58. The maximum atomic E-state index is 13.5. The average Bonchev–Trinajstić information content (AvgIpc) is 2.81. The lowest BCUT2D eigenvalue weighted by atomic mass is 9.95. The molecule has 1 amide bonds. The zero-order chi connectivity index (χ0) is 24.3. The third-order valence-corrected chi connectivity index (χ3v) is 5.60. The van der Waals surface area contributed by atoms with Gasteiger partial charge in [-0.25, -0.2) is 0 Å². The van der Waals surface area contributed by atoms with Crippen LogP contribution < -0.4 is 10.5 Å². The summed E-state index contributed by atoms with van der Waals surface area (Å²) >= 11 is 0. The third-order valence-electron chi connectivity index (χ3n) is 5.60. The summed E-state index contributed by atoms with van der Waals surface area (Å²) in [6, 6.07) is 19.1. The van der Waals surface area contributed by atoms with Crippen molar-refractivity contribution in [2.45, 2.75) is 32.5 Å². The number of rotatable bonds is 7. The standard InChI is InChI=1S/C27H23F3N2O2/c1-17-15-32-26-22(6-3-7-23(26)27(28,29)30)25(17)20-4-2-5-21(14-20)34-16-19-10-8-18(9-11-19)12-13-24(31)33/h2-11,14-15H,12-13,16H2,1H3,(H2,31,33). The summed E-state index contributed by atoms with van der Waals surface area (Å²) in [5.74, 6) is 0.269. The monoisotopic (exact) mass is 464 g/mol. The average molecular weight is 464 g/mol. The number of hydrogen-bond acceptors (Lipinski definition) is 3. The Morgan fingerprint density at radius 3 is 2.41 bits per heavy atom. The van der Waals surface area contributed by atoms with Gasteiger partial charge in [-0.05, 0) is 59.4 Å². The smallest absolute Gasteiger partial charge is 0.418 e. The van der Waals surface area contributed by atoms with Crippen LogP contribution >= 0.6 is 0 Å². The second kappa shape index (κ2) is 9.55. The Morgan fingerprint density at radius 1 is 1.00 bits per heavy atom. The molecule has 7 heteroatoms. The summed E-state index contributed by atoms with van der Waals surface area (Å²) in [5.41, 5.74) is 8.56. The molecule has 0 saturated carbocycles. The summed E-state index contributed by atoms with van der Waals surface area (Å²) < 4.78 is 46.5. The Kier molecular flexibility index (Phi) is 6.54. The molecule has 174 valence electrons. The number of hydrogen-bond donors (Lipinski definition) is 1. The van der Waals surface area contributed by atoms with Gasteiger partial charge >= 0.3 is 6.18 Å². The Hall–Kier alpha value is -3.87. The molecule has 1 heterocycles. The van der Waals surface area contributed by atoms with Crippen LogP contribution in [-0.4, -0.2) is 10.9 Å². The molecule has 4 aromatic rings. The van der Waals surface area contributed by atoms with E-state index in [4.69, 9.17) is 10.5 Å². The van der Waals surface area contributed by atoms with Crippen LogP contribution in [0.5, 0.6) is 5.75 Å². The second-order valence-electron chi connectivity index (χ2n) is 8.12. The molecule has 0 atom stereocenters. The minimum absolute atomic E-state index is 0.0710. The molecule has 4 rings (SSSR count). The van der Waals surface area contributed by atoms with Crippen molar-refractivity contribution in [2.24, 2.45) is 5.73 Å². The number of alkyl halides is 3. The fraction of sp³-hybridized carbons (Fsp3) is 0.185. The molecule has 34 heavy (non-hydrogen) atoms. The van der Waals surface area contributed by atoms with Crippen LogP contribution in [0.25, 0.3) is 22.0 Å². The third kappa shape index (κ3) is 5.20. The van der Waals surface area contributed by atoms with Gasteiger partial charge in [-0.3, -0.25) is 9.78 Å². The maximum Gasteiger partial charge on any atom is 0.418 e. The Bertz CT molecular complexity index is 1330. The van der Waals surface area contributed by atoms with E-state index in [9.17, 15) is 18.0 Å². The number of carbonyl (C=O) groups excluding carboxylic acids is 1. The SMILES string of the molecule is Cc1cnc2c(C(F)(F)F)cccc2c1-c1cccc(OCc2ccc(CCC(N)=O)cc2)c1. The molecule has 3 aromatic carbocycles. The van der Waals surface area contributed by atoms with Gasteiger partial charge in [-0.1, -0.05) is 48.5 Å². The van der Waals surface area contributed by atoms with Crippen molar-refractivity contribution in [1.82, 2.24) is 4.98 Å². The molecule has 4 nitrogen and oxygen atoms in total. The van der Waals surface area contributed by atoms with Gasteiger partial charge < -0.3 is 10.5 Å². The summed E-state index contributed by atoms with van der Waals surface area (Å²) in [4.78, 5) is 15.0. The predicted octanol–water partition coefficient (Wildman–Crippen LogP) is 6.23. The number of halogens is 3. The Morgan fingerprint density at radius 2 is 1.71 bits per heavy atom. The molecule has 0 spiro atoms. The van der Waals surface area contributed by atoms with Crippen molar-refractivity contribution in [3.05, 3.63) is 95.2 Å². The zero-order valence-electron chi connectivity index (χ0n) is 18.5. The van der Waals surface area contributed by atoms with Crippen LogP contribution in [0.1, 0.15) is 28.7 Å². The lowest BCUT2D eigenvalue weighted by molar-refractivity contribution is -0.136. The molecule has 0 aliphatic rings. The maximum absolute atomic E-state index is 13.5. The lowest BCUT2D eigenvalue weighted by Gasteiger charge is -2.15. The minimum Gasteiger partial charge on any atom is -0.489 e. The first-order valence-corrected chi connectivity index (χ1v) is 10.8. The van der Waals surface area contributed by atoms with E-state index in [0.717, 1.165) is 28.3 Å². The molecule has 1 aromatic heterocycles. The van der Waals surface area contributed by atoms with Gasteiger partial charge in [0.1, 0.15) is 12.4 Å². The summed E-state index contributed by atoms with van der Waals surface area (Å²) in [6.45, 7) is 2.16. The first kappa shape index (κ1) is 23.3. The molecule has 0 unspecified atom stereocenters. The number of aromatic nitrogens is 1. The molecule has 0 saturated heterocycles. The van der Waals surface area contributed by atoms with E-state index in [-0.39, 0.29) is 11.4 Å². The molecule has 0 fully saturated rings. The predicted molar refractivity (Wildman–Crippen MR) is 125 cm³/mol. The van der Waals surface area contributed by atoms with Gasteiger partial charge in [0.25, 0.3) is 0 Å². The lowest BCUT2D eigenvalue weighted by Crippen LogP contribution is -2.11. The summed E-state index contributed by atoms with van der Waals surface area (Å²) in [5, 5.41) is 0.443. The van der Waals surface area contributed by atoms with Crippen molar-refractivity contribution in [2.75, 3.05) is 0 Å². The van der Waals surface area contributed by atoms with Gasteiger partial charge in [-0.2, -0.15) is 13.2 Å². The van der Waals surface area contributed by atoms with Crippen LogP contribution in [0, 0.1) is 6.92 Å². The van der Waals surface area contributed by atoms with E-state index in [0.29, 0.717) is 36.1 Å². The van der Waals surface area contributed by atoms with Gasteiger partial charge in [0, 0.05) is 18.0 Å². The van der Waals surface area contributed by atoms with Gasteiger partial charge in [-0.15, -0.1) is 0 Å². The molecule has 0 bridgehead atoms. The summed E-state index contributed by atoms with van der Waals surface area (Å²) in [6.07, 6.45) is -2.12. The fourth-order valence-electron chi connectivity index (χ4n) is 3.91. The number of para-hydroxylation sites is 1. The van der Waals surface area contributed by atoms with Crippen molar-refractivity contribution in [3.63, 3.8) is 0 Å². The van der Waals surface area contributed by atoms with Crippen molar-refractivity contribution in [3.8, 4) is 16.9 Å². The van der Waals surface area contributed by atoms with E-state index < -0.39 is 11.7 Å². The number of amides is 1. The number of aryl methyl sites for hydroxylation is 2. The number of pyridine rings is 1. The first-order valence-electron chi connectivity index (χ1n) is 10.8. The molecular weight excluding hydrogens is 441 g/mol. The van der Waals surface area contributed by atoms with E-state index >= 15 is 0 Å². The van der Waals surface area contributed by atoms with Gasteiger partial charge in [0.15, 0.2) is 0 Å². The largest absolute Gasteiger partial charge is 0.489 e. The second-order valence-corrected chi connectivity index (χ2v) is 8.12. The minimum atomic E-state index is -4.49. The van der Waals surface area contributed by atoms with Gasteiger partial charge in [0.2, 0.25) is 5.91 Å². The van der Waals surface area contributed by atoms with Crippen molar-refractivity contribution in [1.29, 1.82) is 0 Å². The topological polar surface area (TPSA) is 65.2 Å². The molecule has 2 N–H and O–H groups in total. The van der Waals surface area contributed by atoms with Crippen LogP contribution in [-0.2, 0) is 24.0 Å². The van der Waals surface area contributed by atoms with E-state index in [1.165, 1.54) is 12.3 Å². The fourth-order valence-corrected chi connectivity index (χ4v) is 3.91. The van der Waals surface area contributed by atoms with Crippen molar-refractivity contribution < 1.29 is 22.7 Å². The van der Waals surface area contributed by atoms with E-state index in [1.807, 2.05) is 55.5 Å². The number of nitrogens with two attached hydrogens (primary N) is 1. The van der Waals surface area contributed by atoms with Crippen LogP contribution in [0.15, 0.2) is 72.9 Å². The van der Waals surface area contributed by atoms with E-state index in [2.05, 4.69) is 4.98 Å². The van der Waals surface area contributed by atoms with Crippen LogP contribution in [0.3, 0.4) is 0 Å². The van der Waals surface area contributed by atoms with Crippen LogP contribution in [0.4, 0.5) is 13.2 Å². The normalized spacial score (nSPS) is 11.5. The first-order chi connectivity index (χ1) is 16.2. The van der Waals surface area contributed by atoms with Crippen molar-refractivity contribution >= 4 is 16.8 Å². The molecule has 0 aliphatic carbocycles. The molecule has 0 aliphatic heterocycles. The highest BCUT2D eigenvalue weighted by Gasteiger charge is 2.33. The number of benzene rings is 3. The van der Waals surface area contributed by atoms with E-state index in [1.54, 1.807) is 6.07 Å². The molecular formula is C27H23F3N2O2. The van der Waals surface area contributed by atoms with Crippen LogP contribution in [0.2, 0.25) is 0 Å². The summed E-state index contributed by atoms with van der Waals surface area (Å²) in [7, 11) is 0. The highest BCUT2D eigenvalue weighted by atomic mass is 19.4. The number of nitrogens with zero attached hydrogens (tertiary/aromatic N) is 1. The number of ether oxygens (including phenoxy) is 1. The number of primary amides is 1.